The maximum atomic E-state index is 11.7. The number of aliphatic hydroxyl groups is 1. The van der Waals surface area contributed by atoms with E-state index in [1.807, 2.05) is 0 Å². The van der Waals surface area contributed by atoms with Crippen LogP contribution < -0.4 is 10.6 Å². The second-order valence-corrected chi connectivity index (χ2v) is 6.48. The van der Waals surface area contributed by atoms with Crippen molar-refractivity contribution in [2.75, 3.05) is 66.1 Å². The molecule has 0 aromatic rings. The van der Waals surface area contributed by atoms with Crippen LogP contribution in [-0.4, -0.2) is 106 Å². The highest BCUT2D eigenvalue weighted by atomic mass is 16.5. The van der Waals surface area contributed by atoms with Crippen molar-refractivity contribution < 1.29 is 43.2 Å². The summed E-state index contributed by atoms with van der Waals surface area (Å²) in [7, 11) is 0. The molecular formula is C19H31N3O9. The number of aliphatic hydroxyl groups excluding tert-OH is 1. The highest BCUT2D eigenvalue weighted by Crippen LogP contribution is 2.08. The van der Waals surface area contributed by atoms with Gasteiger partial charge in [0.05, 0.1) is 33.0 Å². The molecule has 3 amide bonds. The molecule has 0 saturated heterocycles. The van der Waals surface area contributed by atoms with Gasteiger partial charge >= 0.3 is 0 Å². The van der Waals surface area contributed by atoms with Crippen molar-refractivity contribution >= 4 is 23.5 Å². The van der Waals surface area contributed by atoms with Gasteiger partial charge in [0.2, 0.25) is 17.7 Å². The summed E-state index contributed by atoms with van der Waals surface area (Å²) >= 11 is 0. The molecule has 1 unspecified atom stereocenters. The first-order valence-electron chi connectivity index (χ1n) is 9.91. The van der Waals surface area contributed by atoms with Crippen LogP contribution in [-0.2, 0) is 38.1 Å². The largest absolute Gasteiger partial charge is 0.377 e. The molecule has 1 rings (SSSR count). The van der Waals surface area contributed by atoms with E-state index in [9.17, 15) is 24.3 Å². The van der Waals surface area contributed by atoms with Gasteiger partial charge in [-0.05, 0) is 13.0 Å². The lowest BCUT2D eigenvalue weighted by Gasteiger charge is -2.19. The normalized spacial score (nSPS) is 15.4. The molecule has 0 aromatic heterocycles. The smallest absolute Gasteiger partial charge is 0.248 e. The lowest BCUT2D eigenvalue weighted by atomic mass is 10.3. The van der Waals surface area contributed by atoms with Gasteiger partial charge in [0.1, 0.15) is 26.2 Å². The standard InChI is InChI=1S/C19H31N3O9/c1-15(23)12-29-9-8-28-7-5-20-17(25)13-30-10-11-31-14-21-16(24)4-6-22-18(26)2-3-19(22)27/h2-3,18,26H,4-14H2,1H3,(H,20,25)(H,21,24). The van der Waals surface area contributed by atoms with E-state index in [4.69, 9.17) is 18.9 Å². The molecule has 0 saturated carbocycles. The number of amides is 3. The van der Waals surface area contributed by atoms with E-state index >= 15 is 0 Å². The molecular weight excluding hydrogens is 414 g/mol. The summed E-state index contributed by atoms with van der Waals surface area (Å²) in [5.74, 6) is -0.993. The van der Waals surface area contributed by atoms with Crippen LogP contribution in [0.3, 0.4) is 0 Å². The highest BCUT2D eigenvalue weighted by Gasteiger charge is 2.23. The number of Topliss-reactive ketones (excluding diaryl/α,β-unsaturated/α-hetero) is 1. The van der Waals surface area contributed by atoms with Crippen LogP contribution in [0.5, 0.6) is 0 Å². The SMILES string of the molecule is CC(=O)COCCOCCNC(=O)COCCOCNC(=O)CCN1C(=O)C=CC1O. The van der Waals surface area contributed by atoms with Gasteiger partial charge in [0, 0.05) is 25.6 Å². The minimum absolute atomic E-state index is 0.0311. The molecule has 0 fully saturated rings. The Morgan fingerprint density at radius 3 is 2.32 bits per heavy atom. The number of ether oxygens (including phenoxy) is 4. The quantitative estimate of drug-likeness (QED) is 0.160. The van der Waals surface area contributed by atoms with Gasteiger partial charge in [-0.3, -0.25) is 19.2 Å². The van der Waals surface area contributed by atoms with E-state index in [-0.39, 0.29) is 69.6 Å². The van der Waals surface area contributed by atoms with Gasteiger partial charge in [-0.15, -0.1) is 0 Å². The summed E-state index contributed by atoms with van der Waals surface area (Å²) in [5, 5.41) is 14.7. The molecule has 0 radical (unpaired) electrons. The Hall–Kier alpha value is -2.38. The molecule has 1 heterocycles. The van der Waals surface area contributed by atoms with Crippen molar-refractivity contribution in [3.8, 4) is 0 Å². The van der Waals surface area contributed by atoms with Gasteiger partial charge in [-0.1, -0.05) is 0 Å². The van der Waals surface area contributed by atoms with Crippen LogP contribution in [0.4, 0.5) is 0 Å². The van der Waals surface area contributed by atoms with E-state index in [0.29, 0.717) is 26.4 Å². The third-order valence-corrected chi connectivity index (χ3v) is 3.82. The van der Waals surface area contributed by atoms with Crippen molar-refractivity contribution in [2.24, 2.45) is 0 Å². The second-order valence-electron chi connectivity index (χ2n) is 6.48. The minimum Gasteiger partial charge on any atom is -0.377 e. The number of rotatable bonds is 18. The van der Waals surface area contributed by atoms with E-state index in [1.165, 1.54) is 24.0 Å². The summed E-state index contributed by atoms with van der Waals surface area (Å²) in [5.41, 5.74) is 0. The lowest BCUT2D eigenvalue weighted by molar-refractivity contribution is -0.132. The molecule has 3 N–H and O–H groups in total. The van der Waals surface area contributed by atoms with Gasteiger partial charge < -0.3 is 39.6 Å². The molecule has 1 aliphatic heterocycles. The fourth-order valence-corrected chi connectivity index (χ4v) is 2.29. The molecule has 1 aliphatic rings. The van der Waals surface area contributed by atoms with Gasteiger partial charge in [0.15, 0.2) is 5.78 Å². The fraction of sp³-hybridized carbons (Fsp3) is 0.684. The third-order valence-electron chi connectivity index (χ3n) is 3.82. The molecule has 12 heteroatoms. The minimum atomic E-state index is -0.989. The maximum absolute atomic E-state index is 11.7. The number of hydrogen-bond donors (Lipinski definition) is 3. The number of carbonyl (C=O) groups excluding carboxylic acids is 4. The van der Waals surface area contributed by atoms with Crippen LogP contribution in [0.2, 0.25) is 0 Å². The van der Waals surface area contributed by atoms with Crippen LogP contribution in [0.15, 0.2) is 12.2 Å². The van der Waals surface area contributed by atoms with Gasteiger partial charge in [-0.25, -0.2) is 0 Å². The predicted molar refractivity (Wildman–Crippen MR) is 107 cm³/mol. The fourth-order valence-electron chi connectivity index (χ4n) is 2.29. The van der Waals surface area contributed by atoms with Crippen molar-refractivity contribution in [3.05, 3.63) is 12.2 Å². The summed E-state index contributed by atoms with van der Waals surface area (Å²) in [6.07, 6.45) is 1.67. The Labute approximate surface area is 180 Å². The maximum Gasteiger partial charge on any atom is 0.248 e. The van der Waals surface area contributed by atoms with Crippen molar-refractivity contribution in [1.82, 2.24) is 15.5 Å². The lowest BCUT2D eigenvalue weighted by Crippen LogP contribution is -2.37. The summed E-state index contributed by atoms with van der Waals surface area (Å²) in [4.78, 5) is 46.5. The van der Waals surface area contributed by atoms with Crippen molar-refractivity contribution in [1.29, 1.82) is 0 Å². The summed E-state index contributed by atoms with van der Waals surface area (Å²) in [6.45, 7) is 3.11. The van der Waals surface area contributed by atoms with E-state index in [0.717, 1.165) is 0 Å². The number of hydrogen-bond acceptors (Lipinski definition) is 9. The van der Waals surface area contributed by atoms with Gasteiger partial charge in [0.25, 0.3) is 0 Å². The molecule has 0 aromatic carbocycles. The first-order valence-corrected chi connectivity index (χ1v) is 9.91. The Morgan fingerprint density at radius 2 is 1.65 bits per heavy atom. The first-order chi connectivity index (χ1) is 14.9. The Bertz CT molecular complexity index is 612. The highest BCUT2D eigenvalue weighted by molar-refractivity contribution is 5.90. The van der Waals surface area contributed by atoms with Crippen molar-refractivity contribution in [2.45, 2.75) is 19.6 Å². The van der Waals surface area contributed by atoms with Crippen LogP contribution in [0.25, 0.3) is 0 Å². The van der Waals surface area contributed by atoms with E-state index in [2.05, 4.69) is 10.6 Å². The average molecular weight is 445 g/mol. The zero-order valence-corrected chi connectivity index (χ0v) is 17.7. The average Bonchev–Trinajstić information content (AvgIpc) is 3.04. The van der Waals surface area contributed by atoms with Crippen molar-refractivity contribution in [3.63, 3.8) is 0 Å². The number of nitrogens with one attached hydrogen (secondary N) is 2. The van der Waals surface area contributed by atoms with E-state index in [1.54, 1.807) is 0 Å². The number of carbonyl (C=O) groups is 4. The van der Waals surface area contributed by atoms with Crippen LogP contribution in [0.1, 0.15) is 13.3 Å². The molecule has 176 valence electrons. The van der Waals surface area contributed by atoms with Gasteiger partial charge in [-0.2, -0.15) is 0 Å². The summed E-state index contributed by atoms with van der Waals surface area (Å²) < 4.78 is 20.6. The zero-order chi connectivity index (χ0) is 22.9. The molecule has 0 bridgehead atoms. The third kappa shape index (κ3) is 13.5. The Balaban J connectivity index is 1.86. The number of nitrogens with zero attached hydrogens (tertiary/aromatic N) is 1. The molecule has 31 heavy (non-hydrogen) atoms. The molecule has 0 aliphatic carbocycles. The zero-order valence-electron chi connectivity index (χ0n) is 17.7. The summed E-state index contributed by atoms with van der Waals surface area (Å²) in [6, 6.07) is 0. The Kier molecular flexibility index (Phi) is 14.0. The molecule has 1 atom stereocenters. The predicted octanol–water partition coefficient (Wildman–Crippen LogP) is -2.06. The molecule has 0 spiro atoms. The van der Waals surface area contributed by atoms with Crippen LogP contribution >= 0.6 is 0 Å². The molecule has 12 nitrogen and oxygen atoms in total. The monoisotopic (exact) mass is 445 g/mol. The van der Waals surface area contributed by atoms with E-state index < -0.39 is 6.23 Å². The Morgan fingerprint density at radius 1 is 0.968 bits per heavy atom. The topological polar surface area (TPSA) is 153 Å². The first kappa shape index (κ1) is 26.7. The number of ketones is 1. The van der Waals surface area contributed by atoms with Crippen LogP contribution in [0, 0.1) is 0 Å². The second kappa shape index (κ2) is 16.3.